The van der Waals surface area contributed by atoms with Gasteiger partial charge in [-0.1, -0.05) is 22.0 Å². The van der Waals surface area contributed by atoms with Crippen molar-refractivity contribution in [3.63, 3.8) is 0 Å². The average molecular weight is 549 g/mol. The second-order valence-electron chi connectivity index (χ2n) is 6.08. The van der Waals surface area contributed by atoms with Crippen molar-refractivity contribution >= 4 is 72.1 Å². The largest absolute Gasteiger partial charge is 0.457 e. The molecule has 1 amide bonds. The van der Waals surface area contributed by atoms with Crippen LogP contribution in [0.15, 0.2) is 77.9 Å². The molecule has 1 aliphatic rings. The number of carbonyl (C=O) groups excluding carboxylic acids is 1. The van der Waals surface area contributed by atoms with E-state index in [4.69, 9.17) is 4.42 Å². The normalized spacial score (nSPS) is 16.3. The van der Waals surface area contributed by atoms with Crippen LogP contribution in [0.3, 0.4) is 0 Å². The molecule has 1 fully saturated rings. The highest BCUT2D eigenvalue weighted by molar-refractivity contribution is 9.10. The number of amidine groups is 1. The van der Waals surface area contributed by atoms with Crippen molar-refractivity contribution in [2.45, 2.75) is 0 Å². The molecular weight excluding hydrogens is 538 g/mol. The van der Waals surface area contributed by atoms with E-state index in [1.807, 2.05) is 24.3 Å². The molecule has 1 N–H and O–H groups in total. The van der Waals surface area contributed by atoms with Crippen LogP contribution in [0.25, 0.3) is 17.4 Å². The molecule has 2 heterocycles. The smallest absolute Gasteiger partial charge is 0.270 e. The maximum absolute atomic E-state index is 12.3. The summed E-state index contributed by atoms with van der Waals surface area (Å²) in [7, 11) is 0. The molecule has 2 aromatic carbocycles. The number of rotatable bonds is 4. The van der Waals surface area contributed by atoms with E-state index < -0.39 is 4.92 Å². The van der Waals surface area contributed by atoms with Crippen LogP contribution < -0.4 is 5.32 Å². The second kappa shape index (κ2) is 8.58. The Morgan fingerprint density at radius 2 is 1.97 bits per heavy atom. The number of carbonyl (C=O) groups is 1. The molecule has 1 aliphatic heterocycles. The van der Waals surface area contributed by atoms with Crippen LogP contribution in [0.4, 0.5) is 11.4 Å². The van der Waals surface area contributed by atoms with E-state index in [1.54, 1.807) is 24.3 Å². The lowest BCUT2D eigenvalue weighted by Gasteiger charge is -2.00. The number of hydrogen-bond donors (Lipinski definition) is 1. The topological polar surface area (TPSA) is 97.7 Å². The van der Waals surface area contributed by atoms with E-state index in [0.717, 1.165) is 10.2 Å². The first-order valence-corrected chi connectivity index (χ1v) is 10.9. The summed E-state index contributed by atoms with van der Waals surface area (Å²) in [5.41, 5.74) is 1.37. The van der Waals surface area contributed by atoms with Gasteiger partial charge in [0.1, 0.15) is 11.5 Å². The van der Waals surface area contributed by atoms with Crippen molar-refractivity contribution in [3.05, 3.63) is 84.3 Å². The van der Waals surface area contributed by atoms with E-state index >= 15 is 0 Å². The van der Waals surface area contributed by atoms with Gasteiger partial charge in [0.05, 0.1) is 15.5 Å². The first-order valence-electron chi connectivity index (χ1n) is 8.48. The fourth-order valence-electron chi connectivity index (χ4n) is 2.67. The van der Waals surface area contributed by atoms with E-state index in [-0.39, 0.29) is 11.6 Å². The van der Waals surface area contributed by atoms with Crippen molar-refractivity contribution in [3.8, 4) is 11.3 Å². The summed E-state index contributed by atoms with van der Waals surface area (Å²) in [5.74, 6) is 0.745. The van der Waals surface area contributed by atoms with Crippen molar-refractivity contribution in [2.24, 2.45) is 4.99 Å². The number of hydrogen-bond acceptors (Lipinski definition) is 6. The van der Waals surface area contributed by atoms with E-state index in [1.165, 1.54) is 23.9 Å². The standard InChI is InChI=1S/C20H11Br2N3O4S/c21-11-2-1-3-12(8-11)23-20-24-19(26)18(30-20)10-14-5-7-17(29-14)15-6-4-13(25(27)28)9-16(15)22/h1-10H,(H,23,24,26)/b18-10+. The fourth-order valence-corrected chi connectivity index (χ4v) is 4.44. The van der Waals surface area contributed by atoms with Crippen molar-refractivity contribution in [1.29, 1.82) is 0 Å². The Bertz CT molecular complexity index is 1240. The molecule has 30 heavy (non-hydrogen) atoms. The van der Waals surface area contributed by atoms with Crippen LogP contribution >= 0.6 is 43.6 Å². The molecule has 7 nitrogen and oxygen atoms in total. The Labute approximate surface area is 191 Å². The van der Waals surface area contributed by atoms with E-state index in [0.29, 0.717) is 31.6 Å². The minimum absolute atomic E-state index is 0.0178. The highest BCUT2D eigenvalue weighted by Gasteiger charge is 2.24. The predicted octanol–water partition coefficient (Wildman–Crippen LogP) is 6.27. The lowest BCUT2D eigenvalue weighted by molar-refractivity contribution is -0.384. The van der Waals surface area contributed by atoms with Gasteiger partial charge in [0.25, 0.3) is 11.6 Å². The number of non-ortho nitro benzene ring substituents is 1. The van der Waals surface area contributed by atoms with Gasteiger partial charge in [-0.3, -0.25) is 14.9 Å². The molecular formula is C20H11Br2N3O4S. The number of nitro groups is 1. The van der Waals surface area contributed by atoms with Gasteiger partial charge in [0, 0.05) is 32.7 Å². The molecule has 0 bridgehead atoms. The number of thioether (sulfide) groups is 1. The summed E-state index contributed by atoms with van der Waals surface area (Å²) in [6.45, 7) is 0. The van der Waals surface area contributed by atoms with E-state index in [9.17, 15) is 14.9 Å². The minimum atomic E-state index is -0.463. The third kappa shape index (κ3) is 4.55. The number of nitrogens with one attached hydrogen (secondary N) is 1. The van der Waals surface area contributed by atoms with Crippen LogP contribution in [0.5, 0.6) is 0 Å². The molecule has 1 saturated heterocycles. The van der Waals surface area contributed by atoms with Crippen LogP contribution in [0.2, 0.25) is 0 Å². The molecule has 10 heteroatoms. The van der Waals surface area contributed by atoms with Crippen LogP contribution in [0.1, 0.15) is 5.76 Å². The molecule has 0 atom stereocenters. The summed E-state index contributed by atoms with van der Waals surface area (Å²) in [4.78, 5) is 27.6. The molecule has 3 aromatic rings. The maximum atomic E-state index is 12.3. The first kappa shape index (κ1) is 20.6. The monoisotopic (exact) mass is 547 g/mol. The zero-order chi connectivity index (χ0) is 21.3. The molecule has 0 spiro atoms. The Morgan fingerprint density at radius 3 is 2.70 bits per heavy atom. The molecule has 0 saturated carbocycles. The summed E-state index contributed by atoms with van der Waals surface area (Å²) in [5, 5.41) is 14.1. The lowest BCUT2D eigenvalue weighted by Crippen LogP contribution is -2.19. The highest BCUT2D eigenvalue weighted by Crippen LogP contribution is 2.34. The molecule has 0 radical (unpaired) electrons. The van der Waals surface area contributed by atoms with Crippen molar-refractivity contribution < 1.29 is 14.1 Å². The number of halogens is 2. The SMILES string of the molecule is O=C1NC(=Nc2cccc(Br)c2)S/C1=C/c1ccc(-c2ccc([N+](=O)[O-])cc2Br)o1. The third-order valence-corrected chi connectivity index (χ3v) is 6.08. The Morgan fingerprint density at radius 1 is 1.13 bits per heavy atom. The average Bonchev–Trinajstić information content (AvgIpc) is 3.28. The van der Waals surface area contributed by atoms with Gasteiger partial charge >= 0.3 is 0 Å². The molecule has 0 aliphatic carbocycles. The number of furan rings is 1. The minimum Gasteiger partial charge on any atom is -0.457 e. The maximum Gasteiger partial charge on any atom is 0.270 e. The van der Waals surface area contributed by atoms with Crippen molar-refractivity contribution in [2.75, 3.05) is 0 Å². The zero-order valence-corrected chi connectivity index (χ0v) is 19.0. The van der Waals surface area contributed by atoms with Gasteiger partial charge in [0.15, 0.2) is 5.17 Å². The zero-order valence-electron chi connectivity index (χ0n) is 15.0. The van der Waals surface area contributed by atoms with Crippen LogP contribution in [-0.4, -0.2) is 16.0 Å². The number of aliphatic imine (C=N–C) groups is 1. The van der Waals surface area contributed by atoms with Gasteiger partial charge in [-0.2, -0.15) is 0 Å². The number of amides is 1. The quantitative estimate of drug-likeness (QED) is 0.235. The highest BCUT2D eigenvalue weighted by atomic mass is 79.9. The summed E-state index contributed by atoms with van der Waals surface area (Å²) in [6.07, 6.45) is 1.63. The third-order valence-electron chi connectivity index (χ3n) is 4.02. The molecule has 1 aromatic heterocycles. The molecule has 0 unspecified atom stereocenters. The summed E-state index contributed by atoms with van der Waals surface area (Å²) < 4.78 is 7.26. The number of benzene rings is 2. The van der Waals surface area contributed by atoms with Crippen LogP contribution in [-0.2, 0) is 4.79 Å². The second-order valence-corrected chi connectivity index (χ2v) is 8.89. The predicted molar refractivity (Wildman–Crippen MR) is 123 cm³/mol. The lowest BCUT2D eigenvalue weighted by atomic mass is 10.1. The van der Waals surface area contributed by atoms with Crippen molar-refractivity contribution in [1.82, 2.24) is 5.32 Å². The van der Waals surface area contributed by atoms with E-state index in [2.05, 4.69) is 42.2 Å². The fraction of sp³-hybridized carbons (Fsp3) is 0. The Hall–Kier alpha value is -2.69. The Kier molecular flexibility index (Phi) is 5.89. The van der Waals surface area contributed by atoms with Gasteiger partial charge < -0.3 is 9.73 Å². The summed E-state index contributed by atoms with van der Waals surface area (Å²) >= 11 is 7.95. The van der Waals surface area contributed by atoms with Gasteiger partial charge in [-0.25, -0.2) is 4.99 Å². The number of nitrogens with zero attached hydrogens (tertiary/aromatic N) is 2. The molecule has 150 valence electrons. The van der Waals surface area contributed by atoms with Gasteiger partial charge in [-0.05, 0) is 64.1 Å². The Balaban J connectivity index is 1.56. The first-order chi connectivity index (χ1) is 14.4. The molecule has 4 rings (SSSR count). The van der Waals surface area contributed by atoms with Crippen LogP contribution in [0, 0.1) is 10.1 Å². The van der Waals surface area contributed by atoms with Gasteiger partial charge in [-0.15, -0.1) is 0 Å². The summed E-state index contributed by atoms with van der Waals surface area (Å²) in [6, 6.07) is 15.4. The number of nitro benzene ring substituents is 1. The van der Waals surface area contributed by atoms with Gasteiger partial charge in [0.2, 0.25) is 0 Å².